The van der Waals surface area contributed by atoms with E-state index >= 15 is 0 Å². The lowest BCUT2D eigenvalue weighted by Crippen LogP contribution is -2.38. The van der Waals surface area contributed by atoms with Crippen LogP contribution in [-0.2, 0) is 14.8 Å². The number of halogens is 1. The fraction of sp³-hybridized carbons (Fsp3) is 0.409. The van der Waals surface area contributed by atoms with E-state index in [1.165, 1.54) is 10.4 Å². The third kappa shape index (κ3) is 4.34. The first-order valence-electron chi connectivity index (χ1n) is 10.4. The van der Waals surface area contributed by atoms with Crippen molar-refractivity contribution in [2.24, 2.45) is 5.92 Å². The summed E-state index contributed by atoms with van der Waals surface area (Å²) in [6.45, 7) is 2.36. The van der Waals surface area contributed by atoms with Crippen molar-refractivity contribution >= 4 is 27.3 Å². The minimum Gasteiger partial charge on any atom is -0.369 e. The SMILES string of the molecule is O=C(Nc1ccc(S(=O)(=O)N2CCCC2)cc1)C1CCN(c2ccccc2F)CC1. The summed E-state index contributed by atoms with van der Waals surface area (Å²) in [7, 11) is -3.46. The van der Waals surface area contributed by atoms with Crippen molar-refractivity contribution < 1.29 is 17.6 Å². The highest BCUT2D eigenvalue weighted by atomic mass is 32.2. The Labute approximate surface area is 176 Å². The molecule has 0 aromatic heterocycles. The molecule has 2 aliphatic heterocycles. The second-order valence-electron chi connectivity index (χ2n) is 7.84. The molecule has 0 spiro atoms. The van der Waals surface area contributed by atoms with Crippen LogP contribution < -0.4 is 10.2 Å². The normalized spacial score (nSPS) is 18.5. The smallest absolute Gasteiger partial charge is 0.243 e. The molecule has 2 aromatic carbocycles. The van der Waals surface area contributed by atoms with E-state index in [1.807, 2.05) is 11.0 Å². The fourth-order valence-electron chi connectivity index (χ4n) is 4.12. The number of nitrogens with zero attached hydrogens (tertiary/aromatic N) is 2. The number of nitrogens with one attached hydrogen (secondary N) is 1. The Morgan fingerprint density at radius 3 is 2.20 bits per heavy atom. The molecule has 0 bridgehead atoms. The number of rotatable bonds is 5. The average Bonchev–Trinajstić information content (AvgIpc) is 3.31. The summed E-state index contributed by atoms with van der Waals surface area (Å²) < 4.78 is 40.7. The Morgan fingerprint density at radius 1 is 0.933 bits per heavy atom. The van der Waals surface area contributed by atoms with E-state index in [4.69, 9.17) is 0 Å². The Hall–Kier alpha value is -2.45. The summed E-state index contributed by atoms with van der Waals surface area (Å²) in [6, 6.07) is 13.0. The molecule has 0 saturated carbocycles. The van der Waals surface area contributed by atoms with Gasteiger partial charge in [0.25, 0.3) is 0 Å². The number of piperidine rings is 1. The number of amides is 1. The quantitative estimate of drug-likeness (QED) is 0.787. The number of para-hydroxylation sites is 1. The molecule has 0 radical (unpaired) electrons. The molecule has 0 aliphatic carbocycles. The first-order valence-corrected chi connectivity index (χ1v) is 11.8. The molecule has 2 aromatic rings. The molecule has 2 saturated heterocycles. The van der Waals surface area contributed by atoms with E-state index in [-0.39, 0.29) is 22.5 Å². The topological polar surface area (TPSA) is 69.7 Å². The van der Waals surface area contributed by atoms with Crippen molar-refractivity contribution in [2.75, 3.05) is 36.4 Å². The number of anilines is 2. The van der Waals surface area contributed by atoms with Gasteiger partial charge in [-0.3, -0.25) is 4.79 Å². The van der Waals surface area contributed by atoms with Crippen LogP contribution in [0, 0.1) is 11.7 Å². The van der Waals surface area contributed by atoms with E-state index < -0.39 is 10.0 Å². The summed E-state index contributed by atoms with van der Waals surface area (Å²) in [6.07, 6.45) is 3.06. The van der Waals surface area contributed by atoms with Crippen LogP contribution in [0.4, 0.5) is 15.8 Å². The van der Waals surface area contributed by atoms with Crippen LogP contribution in [0.1, 0.15) is 25.7 Å². The van der Waals surface area contributed by atoms with E-state index in [0.717, 1.165) is 12.8 Å². The van der Waals surface area contributed by atoms with Crippen LogP contribution in [0.15, 0.2) is 53.4 Å². The first kappa shape index (κ1) is 20.8. The third-order valence-corrected chi connectivity index (χ3v) is 7.80. The second kappa shape index (κ2) is 8.73. The van der Waals surface area contributed by atoms with Gasteiger partial charge >= 0.3 is 0 Å². The van der Waals surface area contributed by atoms with Gasteiger partial charge in [-0.2, -0.15) is 4.31 Å². The van der Waals surface area contributed by atoms with Gasteiger partial charge in [-0.15, -0.1) is 0 Å². The number of carbonyl (C=O) groups is 1. The fourth-order valence-corrected chi connectivity index (χ4v) is 5.64. The van der Waals surface area contributed by atoms with Gasteiger partial charge in [0.1, 0.15) is 5.82 Å². The Bertz CT molecular complexity index is 997. The van der Waals surface area contributed by atoms with Gasteiger partial charge < -0.3 is 10.2 Å². The van der Waals surface area contributed by atoms with Gasteiger partial charge in [0.2, 0.25) is 15.9 Å². The number of hydrogen-bond donors (Lipinski definition) is 1. The maximum atomic E-state index is 14.0. The molecule has 2 aliphatic rings. The number of benzene rings is 2. The Morgan fingerprint density at radius 2 is 1.57 bits per heavy atom. The largest absolute Gasteiger partial charge is 0.369 e. The van der Waals surface area contributed by atoms with E-state index in [2.05, 4.69) is 5.32 Å². The maximum absolute atomic E-state index is 14.0. The van der Waals surface area contributed by atoms with Crippen molar-refractivity contribution in [3.05, 3.63) is 54.3 Å². The van der Waals surface area contributed by atoms with Crippen LogP contribution in [-0.4, -0.2) is 44.8 Å². The highest BCUT2D eigenvalue weighted by Gasteiger charge is 2.28. The summed E-state index contributed by atoms with van der Waals surface area (Å²) in [5.74, 6) is -0.483. The van der Waals surface area contributed by atoms with Crippen molar-refractivity contribution in [1.82, 2.24) is 4.31 Å². The molecule has 0 atom stereocenters. The van der Waals surface area contributed by atoms with Crippen LogP contribution in [0.3, 0.4) is 0 Å². The second-order valence-corrected chi connectivity index (χ2v) is 9.78. The first-order chi connectivity index (χ1) is 14.4. The number of hydrogen-bond acceptors (Lipinski definition) is 4. The minimum absolute atomic E-state index is 0.0849. The third-order valence-electron chi connectivity index (χ3n) is 5.88. The zero-order valence-electron chi connectivity index (χ0n) is 16.8. The molecule has 2 heterocycles. The van der Waals surface area contributed by atoms with Gasteiger partial charge in [0.05, 0.1) is 10.6 Å². The molecule has 1 amide bonds. The van der Waals surface area contributed by atoms with E-state index in [0.29, 0.717) is 50.4 Å². The van der Waals surface area contributed by atoms with Gasteiger partial charge in [-0.05, 0) is 62.1 Å². The Balaban J connectivity index is 1.34. The highest BCUT2D eigenvalue weighted by molar-refractivity contribution is 7.89. The van der Waals surface area contributed by atoms with Crippen LogP contribution in [0.2, 0.25) is 0 Å². The minimum atomic E-state index is -3.46. The molecule has 160 valence electrons. The summed E-state index contributed by atoms with van der Waals surface area (Å²) in [4.78, 5) is 14.9. The zero-order chi connectivity index (χ0) is 21.1. The molecular weight excluding hydrogens is 405 g/mol. The summed E-state index contributed by atoms with van der Waals surface area (Å²) in [5.41, 5.74) is 1.16. The van der Waals surface area contributed by atoms with Crippen molar-refractivity contribution in [3.8, 4) is 0 Å². The lowest BCUT2D eigenvalue weighted by atomic mass is 9.95. The molecule has 8 heteroatoms. The van der Waals surface area contributed by atoms with Gasteiger partial charge in [0.15, 0.2) is 0 Å². The van der Waals surface area contributed by atoms with Crippen molar-refractivity contribution in [2.45, 2.75) is 30.6 Å². The van der Waals surface area contributed by atoms with Gasteiger partial charge in [-0.1, -0.05) is 12.1 Å². The average molecular weight is 432 g/mol. The molecule has 2 fully saturated rings. The lowest BCUT2D eigenvalue weighted by molar-refractivity contribution is -0.120. The van der Waals surface area contributed by atoms with Crippen LogP contribution in [0.5, 0.6) is 0 Å². The van der Waals surface area contributed by atoms with Gasteiger partial charge in [-0.25, -0.2) is 12.8 Å². The molecule has 4 rings (SSSR count). The van der Waals surface area contributed by atoms with Crippen LogP contribution >= 0.6 is 0 Å². The van der Waals surface area contributed by atoms with Gasteiger partial charge in [0, 0.05) is 37.8 Å². The number of carbonyl (C=O) groups excluding carboxylic acids is 1. The highest BCUT2D eigenvalue weighted by Crippen LogP contribution is 2.27. The molecule has 30 heavy (non-hydrogen) atoms. The summed E-state index contributed by atoms with van der Waals surface area (Å²) >= 11 is 0. The van der Waals surface area contributed by atoms with Crippen molar-refractivity contribution in [1.29, 1.82) is 0 Å². The summed E-state index contributed by atoms with van der Waals surface area (Å²) in [5, 5.41) is 2.89. The molecular formula is C22H26FN3O3S. The number of sulfonamides is 1. The van der Waals surface area contributed by atoms with Crippen LogP contribution in [0.25, 0.3) is 0 Å². The van der Waals surface area contributed by atoms with Crippen molar-refractivity contribution in [3.63, 3.8) is 0 Å². The molecule has 1 N–H and O–H groups in total. The lowest BCUT2D eigenvalue weighted by Gasteiger charge is -2.33. The standard InChI is InChI=1S/C22H26FN3O3S/c23-20-5-1-2-6-21(20)25-15-11-17(12-16-25)22(27)24-18-7-9-19(10-8-18)30(28,29)26-13-3-4-14-26/h1-2,5-10,17H,3-4,11-16H2,(H,24,27). The predicted octanol–water partition coefficient (Wildman–Crippen LogP) is 3.47. The molecule has 0 unspecified atom stereocenters. The monoisotopic (exact) mass is 431 g/mol. The Kier molecular flexibility index (Phi) is 6.06. The van der Waals surface area contributed by atoms with E-state index in [1.54, 1.807) is 36.4 Å². The molecule has 6 nitrogen and oxygen atoms in total. The van der Waals surface area contributed by atoms with E-state index in [9.17, 15) is 17.6 Å². The zero-order valence-corrected chi connectivity index (χ0v) is 17.6. The maximum Gasteiger partial charge on any atom is 0.243 e. The predicted molar refractivity (Wildman–Crippen MR) is 114 cm³/mol.